The van der Waals surface area contributed by atoms with Crippen molar-refractivity contribution < 1.29 is 4.74 Å². The van der Waals surface area contributed by atoms with Crippen molar-refractivity contribution >= 4 is 50.6 Å². The van der Waals surface area contributed by atoms with Crippen LogP contribution in [0.3, 0.4) is 0 Å². The van der Waals surface area contributed by atoms with Gasteiger partial charge in [0, 0.05) is 20.6 Å². The van der Waals surface area contributed by atoms with Gasteiger partial charge in [0.1, 0.15) is 11.1 Å². The van der Waals surface area contributed by atoms with Gasteiger partial charge >= 0.3 is 0 Å². The van der Waals surface area contributed by atoms with E-state index in [4.69, 9.17) is 17.0 Å². The van der Waals surface area contributed by atoms with Crippen LogP contribution in [0.25, 0.3) is 0 Å². The summed E-state index contributed by atoms with van der Waals surface area (Å²) in [5, 5.41) is 3.28. The molecule has 22 heavy (non-hydrogen) atoms. The molecular formula is C17H16BrNOS2. The van der Waals surface area contributed by atoms with Gasteiger partial charge in [0.05, 0.1) is 6.61 Å². The number of rotatable bonds is 2. The first-order chi connectivity index (χ1) is 10.6. The fourth-order valence-corrected chi connectivity index (χ4v) is 3.89. The molecule has 1 aliphatic rings. The van der Waals surface area contributed by atoms with Crippen molar-refractivity contribution in [3.05, 3.63) is 57.6 Å². The lowest BCUT2D eigenvalue weighted by atomic mass is 9.96. The first-order valence-electron chi connectivity index (χ1n) is 6.94. The Morgan fingerprint density at radius 1 is 1.27 bits per heavy atom. The predicted molar refractivity (Wildman–Crippen MR) is 101 cm³/mol. The maximum atomic E-state index is 6.13. The van der Waals surface area contributed by atoms with Gasteiger partial charge in [-0.05, 0) is 48.6 Å². The smallest absolute Gasteiger partial charge is 0.110 e. The average molecular weight is 394 g/mol. The Morgan fingerprint density at radius 2 is 2.09 bits per heavy atom. The van der Waals surface area contributed by atoms with Crippen LogP contribution in [0.2, 0.25) is 0 Å². The van der Waals surface area contributed by atoms with Crippen molar-refractivity contribution in [1.82, 2.24) is 0 Å². The van der Waals surface area contributed by atoms with Gasteiger partial charge in [0.2, 0.25) is 0 Å². The molecular weight excluding hydrogens is 378 g/mol. The maximum Gasteiger partial charge on any atom is 0.110 e. The van der Waals surface area contributed by atoms with Crippen LogP contribution in [0.5, 0.6) is 0 Å². The summed E-state index contributed by atoms with van der Waals surface area (Å²) >= 11 is 10.6. The standard InChI is InChI=1S/C17H16BrNOS2/c1-10-12(4-3-5-15(10)22-2)17-13-8-11(18)6-7-14(13)19-16(21)9-20-17/h3-8,17H,9H2,1-2H3,(H,19,21)/t17-/m1/s1. The molecule has 1 atom stereocenters. The fraction of sp³-hybridized carbons (Fsp3) is 0.235. The van der Waals surface area contributed by atoms with Gasteiger partial charge in [-0.3, -0.25) is 0 Å². The lowest BCUT2D eigenvalue weighted by Gasteiger charge is -2.21. The highest BCUT2D eigenvalue weighted by Gasteiger charge is 2.25. The number of hydrogen-bond donors (Lipinski definition) is 1. The zero-order chi connectivity index (χ0) is 15.7. The Morgan fingerprint density at radius 3 is 2.86 bits per heavy atom. The molecule has 0 fully saturated rings. The lowest BCUT2D eigenvalue weighted by Crippen LogP contribution is -2.13. The molecule has 1 heterocycles. The zero-order valence-electron chi connectivity index (χ0n) is 12.4. The Hall–Kier alpha value is -0.880. The molecule has 5 heteroatoms. The molecule has 1 aliphatic heterocycles. The number of thiocarbonyl (C=S) groups is 1. The third kappa shape index (κ3) is 3.08. The van der Waals surface area contributed by atoms with Crippen LogP contribution in [-0.4, -0.2) is 17.9 Å². The average Bonchev–Trinajstić information content (AvgIpc) is 2.66. The number of fused-ring (bicyclic) bond motifs is 1. The van der Waals surface area contributed by atoms with E-state index in [1.165, 1.54) is 16.0 Å². The van der Waals surface area contributed by atoms with Crippen molar-refractivity contribution in [2.75, 3.05) is 18.2 Å². The molecule has 0 aliphatic carbocycles. The molecule has 0 unspecified atom stereocenters. The second-order valence-corrected chi connectivity index (χ2v) is 7.40. The summed E-state index contributed by atoms with van der Waals surface area (Å²) in [7, 11) is 0. The summed E-state index contributed by atoms with van der Waals surface area (Å²) < 4.78 is 7.16. The molecule has 2 nitrogen and oxygen atoms in total. The molecule has 0 spiro atoms. The van der Waals surface area contributed by atoms with Crippen molar-refractivity contribution in [1.29, 1.82) is 0 Å². The van der Waals surface area contributed by atoms with Gasteiger partial charge in [0.25, 0.3) is 0 Å². The molecule has 0 bridgehead atoms. The largest absolute Gasteiger partial charge is 0.362 e. The van der Waals surface area contributed by atoms with Crippen molar-refractivity contribution in [2.24, 2.45) is 0 Å². The first-order valence-corrected chi connectivity index (χ1v) is 9.37. The van der Waals surface area contributed by atoms with E-state index < -0.39 is 0 Å². The van der Waals surface area contributed by atoms with E-state index in [0.29, 0.717) is 11.6 Å². The summed E-state index contributed by atoms with van der Waals surface area (Å²) in [5.41, 5.74) is 4.58. The first kappa shape index (κ1) is 16.0. The third-order valence-electron chi connectivity index (χ3n) is 3.78. The number of anilines is 1. The summed E-state index contributed by atoms with van der Waals surface area (Å²) in [6.45, 7) is 2.58. The van der Waals surface area contributed by atoms with Crippen LogP contribution in [-0.2, 0) is 4.74 Å². The van der Waals surface area contributed by atoms with Gasteiger partial charge in [-0.1, -0.05) is 40.3 Å². The Kier molecular flexibility index (Phi) is 4.88. The van der Waals surface area contributed by atoms with Crippen molar-refractivity contribution in [2.45, 2.75) is 17.9 Å². The Balaban J connectivity index is 2.15. The predicted octanol–water partition coefficient (Wildman–Crippen LogP) is 5.34. The van der Waals surface area contributed by atoms with Gasteiger partial charge in [0.15, 0.2) is 0 Å². The topological polar surface area (TPSA) is 21.3 Å². The van der Waals surface area contributed by atoms with Gasteiger partial charge in [-0.15, -0.1) is 11.8 Å². The Bertz CT molecular complexity index is 733. The molecule has 2 aromatic carbocycles. The Labute approximate surface area is 148 Å². The van der Waals surface area contributed by atoms with Crippen LogP contribution >= 0.6 is 39.9 Å². The molecule has 0 amide bonds. The van der Waals surface area contributed by atoms with Crippen LogP contribution in [0.1, 0.15) is 22.8 Å². The van der Waals surface area contributed by atoms with E-state index in [2.05, 4.69) is 58.7 Å². The van der Waals surface area contributed by atoms with Gasteiger partial charge < -0.3 is 10.1 Å². The van der Waals surface area contributed by atoms with Crippen LogP contribution in [0.15, 0.2) is 45.8 Å². The van der Waals surface area contributed by atoms with Crippen molar-refractivity contribution in [3.8, 4) is 0 Å². The number of hydrogen-bond acceptors (Lipinski definition) is 3. The summed E-state index contributed by atoms with van der Waals surface area (Å²) in [6.07, 6.45) is 1.98. The quantitative estimate of drug-likeness (QED) is 0.548. The fourth-order valence-electron chi connectivity index (χ4n) is 2.69. The zero-order valence-corrected chi connectivity index (χ0v) is 15.6. The number of nitrogens with one attached hydrogen (secondary N) is 1. The van der Waals surface area contributed by atoms with Crippen LogP contribution in [0, 0.1) is 6.92 Å². The highest BCUT2D eigenvalue weighted by Crippen LogP contribution is 2.38. The summed E-state index contributed by atoms with van der Waals surface area (Å²) in [5.74, 6) is 0. The van der Waals surface area contributed by atoms with E-state index in [1.807, 2.05) is 12.1 Å². The second-order valence-electron chi connectivity index (χ2n) is 5.15. The molecule has 0 radical (unpaired) electrons. The van der Waals surface area contributed by atoms with E-state index in [0.717, 1.165) is 15.7 Å². The highest BCUT2D eigenvalue weighted by molar-refractivity contribution is 9.10. The molecule has 0 aromatic heterocycles. The number of benzene rings is 2. The molecule has 114 valence electrons. The monoisotopic (exact) mass is 393 g/mol. The molecule has 1 N–H and O–H groups in total. The van der Waals surface area contributed by atoms with Gasteiger partial charge in [-0.25, -0.2) is 0 Å². The van der Waals surface area contributed by atoms with E-state index in [9.17, 15) is 0 Å². The third-order valence-corrected chi connectivity index (χ3v) is 5.37. The summed E-state index contributed by atoms with van der Waals surface area (Å²) in [4.78, 5) is 1.99. The minimum atomic E-state index is -0.118. The number of halogens is 1. The highest BCUT2D eigenvalue weighted by atomic mass is 79.9. The number of ether oxygens (including phenoxy) is 1. The second kappa shape index (κ2) is 6.71. The lowest BCUT2D eigenvalue weighted by molar-refractivity contribution is 0.115. The van der Waals surface area contributed by atoms with Crippen LogP contribution < -0.4 is 5.32 Å². The molecule has 0 saturated carbocycles. The van der Waals surface area contributed by atoms with E-state index >= 15 is 0 Å². The SMILES string of the molecule is CSc1cccc([C@H]2OCC(=S)Nc3ccc(Br)cc32)c1C. The molecule has 3 rings (SSSR count). The van der Waals surface area contributed by atoms with Gasteiger partial charge in [-0.2, -0.15) is 0 Å². The van der Waals surface area contributed by atoms with E-state index in [-0.39, 0.29) is 6.10 Å². The number of thioether (sulfide) groups is 1. The minimum absolute atomic E-state index is 0.118. The minimum Gasteiger partial charge on any atom is -0.362 e. The van der Waals surface area contributed by atoms with E-state index in [1.54, 1.807) is 11.8 Å². The molecule has 0 saturated heterocycles. The van der Waals surface area contributed by atoms with Crippen LogP contribution in [0.4, 0.5) is 5.69 Å². The normalized spacial score (nSPS) is 17.6. The molecule has 2 aromatic rings. The summed E-state index contributed by atoms with van der Waals surface area (Å²) in [6, 6.07) is 12.5. The van der Waals surface area contributed by atoms with Crippen molar-refractivity contribution in [3.63, 3.8) is 0 Å². The maximum absolute atomic E-state index is 6.13.